The summed E-state index contributed by atoms with van der Waals surface area (Å²) in [5.74, 6) is 0.353. The minimum Gasteiger partial charge on any atom is -0.392 e. The second-order valence-electron chi connectivity index (χ2n) is 4.47. The van der Waals surface area contributed by atoms with Crippen molar-refractivity contribution < 1.29 is 4.79 Å². The van der Waals surface area contributed by atoms with E-state index < -0.39 is 0 Å². The standard InChI is InChI=1S/C13H26N2OS/c1-4-7-8-11(6-3)13(16)15(9-5-2)10-12(14)17/h11H,4-10H2,1-3H3,(H2,14,17). The molecule has 0 aliphatic heterocycles. The molecule has 100 valence electrons. The first-order chi connectivity index (χ1) is 8.06. The predicted octanol–water partition coefficient (Wildman–Crippen LogP) is 2.73. The van der Waals surface area contributed by atoms with E-state index in [1.54, 1.807) is 0 Å². The number of hydrogen-bond donors (Lipinski definition) is 1. The molecule has 0 fully saturated rings. The van der Waals surface area contributed by atoms with Gasteiger partial charge in [0.1, 0.15) is 0 Å². The Morgan fingerprint density at radius 1 is 1.29 bits per heavy atom. The third-order valence-electron chi connectivity index (χ3n) is 2.90. The van der Waals surface area contributed by atoms with Crippen LogP contribution in [-0.4, -0.2) is 28.9 Å². The van der Waals surface area contributed by atoms with E-state index in [4.69, 9.17) is 18.0 Å². The molecule has 0 aliphatic carbocycles. The summed E-state index contributed by atoms with van der Waals surface area (Å²) in [6, 6.07) is 0. The Morgan fingerprint density at radius 2 is 1.94 bits per heavy atom. The van der Waals surface area contributed by atoms with Gasteiger partial charge in [0, 0.05) is 12.5 Å². The van der Waals surface area contributed by atoms with Crippen molar-refractivity contribution in [2.24, 2.45) is 11.7 Å². The van der Waals surface area contributed by atoms with Gasteiger partial charge in [0.2, 0.25) is 5.91 Å². The quantitative estimate of drug-likeness (QED) is 0.647. The van der Waals surface area contributed by atoms with Crippen LogP contribution in [0.2, 0.25) is 0 Å². The number of carbonyl (C=O) groups excluding carboxylic acids is 1. The molecule has 0 saturated heterocycles. The summed E-state index contributed by atoms with van der Waals surface area (Å²) >= 11 is 4.90. The summed E-state index contributed by atoms with van der Waals surface area (Å²) in [5.41, 5.74) is 5.54. The second-order valence-corrected chi connectivity index (χ2v) is 5.00. The lowest BCUT2D eigenvalue weighted by molar-refractivity contribution is -0.135. The maximum Gasteiger partial charge on any atom is 0.226 e. The highest BCUT2D eigenvalue weighted by atomic mass is 32.1. The fourth-order valence-electron chi connectivity index (χ4n) is 1.94. The number of rotatable bonds is 9. The Bertz CT molecular complexity index is 244. The van der Waals surface area contributed by atoms with E-state index in [-0.39, 0.29) is 11.8 Å². The van der Waals surface area contributed by atoms with Gasteiger partial charge < -0.3 is 10.6 Å². The fourth-order valence-corrected chi connectivity index (χ4v) is 2.09. The molecule has 0 radical (unpaired) electrons. The molecule has 1 atom stereocenters. The average Bonchev–Trinajstić information content (AvgIpc) is 2.28. The highest BCUT2D eigenvalue weighted by Crippen LogP contribution is 2.16. The maximum atomic E-state index is 12.3. The van der Waals surface area contributed by atoms with Crippen LogP contribution in [0.5, 0.6) is 0 Å². The molecule has 0 bridgehead atoms. The molecule has 3 nitrogen and oxygen atoms in total. The molecular weight excluding hydrogens is 232 g/mol. The van der Waals surface area contributed by atoms with E-state index in [0.29, 0.717) is 11.5 Å². The molecule has 17 heavy (non-hydrogen) atoms. The smallest absolute Gasteiger partial charge is 0.226 e. The normalized spacial score (nSPS) is 12.2. The van der Waals surface area contributed by atoms with Gasteiger partial charge in [-0.2, -0.15) is 0 Å². The van der Waals surface area contributed by atoms with E-state index in [0.717, 1.165) is 38.6 Å². The van der Waals surface area contributed by atoms with Crippen LogP contribution >= 0.6 is 12.2 Å². The van der Waals surface area contributed by atoms with Crippen molar-refractivity contribution >= 4 is 23.1 Å². The molecule has 0 aromatic heterocycles. The van der Waals surface area contributed by atoms with Crippen LogP contribution in [0.1, 0.15) is 52.9 Å². The third kappa shape index (κ3) is 6.61. The lowest BCUT2D eigenvalue weighted by atomic mass is 9.97. The Balaban J connectivity index is 4.48. The zero-order valence-electron chi connectivity index (χ0n) is 11.4. The van der Waals surface area contributed by atoms with E-state index >= 15 is 0 Å². The number of hydrogen-bond acceptors (Lipinski definition) is 2. The molecular formula is C13H26N2OS. The molecule has 0 heterocycles. The van der Waals surface area contributed by atoms with E-state index in [1.807, 2.05) is 4.90 Å². The highest BCUT2D eigenvalue weighted by Gasteiger charge is 2.22. The molecule has 0 aromatic carbocycles. The van der Waals surface area contributed by atoms with Crippen LogP contribution < -0.4 is 5.73 Å². The largest absolute Gasteiger partial charge is 0.392 e. The minimum atomic E-state index is 0.135. The monoisotopic (exact) mass is 258 g/mol. The van der Waals surface area contributed by atoms with Crippen molar-refractivity contribution in [3.8, 4) is 0 Å². The lowest BCUT2D eigenvalue weighted by Gasteiger charge is -2.26. The van der Waals surface area contributed by atoms with Crippen molar-refractivity contribution in [2.75, 3.05) is 13.1 Å². The number of thiocarbonyl (C=S) groups is 1. The van der Waals surface area contributed by atoms with Crippen molar-refractivity contribution in [3.05, 3.63) is 0 Å². The van der Waals surface area contributed by atoms with Gasteiger partial charge >= 0.3 is 0 Å². The van der Waals surface area contributed by atoms with Gasteiger partial charge in [-0.1, -0.05) is 45.8 Å². The molecule has 0 saturated carbocycles. The Morgan fingerprint density at radius 3 is 2.35 bits per heavy atom. The van der Waals surface area contributed by atoms with Crippen molar-refractivity contribution in [1.82, 2.24) is 4.90 Å². The first kappa shape index (κ1) is 16.4. The van der Waals surface area contributed by atoms with Gasteiger partial charge in [0.25, 0.3) is 0 Å². The Labute approximate surface area is 111 Å². The van der Waals surface area contributed by atoms with E-state index in [9.17, 15) is 4.79 Å². The number of carbonyl (C=O) groups is 1. The van der Waals surface area contributed by atoms with Crippen LogP contribution in [0.4, 0.5) is 0 Å². The number of unbranched alkanes of at least 4 members (excludes halogenated alkanes) is 1. The van der Waals surface area contributed by atoms with E-state index in [2.05, 4.69) is 20.8 Å². The summed E-state index contributed by atoms with van der Waals surface area (Å²) < 4.78 is 0. The van der Waals surface area contributed by atoms with Crippen LogP contribution in [-0.2, 0) is 4.79 Å². The average molecular weight is 258 g/mol. The summed E-state index contributed by atoms with van der Waals surface area (Å²) in [4.78, 5) is 14.5. The molecule has 4 heteroatoms. The predicted molar refractivity (Wildman–Crippen MR) is 77.0 cm³/mol. The van der Waals surface area contributed by atoms with Gasteiger partial charge in [0.15, 0.2) is 0 Å². The summed E-state index contributed by atoms with van der Waals surface area (Å²) in [6.45, 7) is 7.45. The van der Waals surface area contributed by atoms with Gasteiger partial charge in [-0.15, -0.1) is 0 Å². The Kier molecular flexibility index (Phi) is 9.04. The first-order valence-corrected chi connectivity index (χ1v) is 7.04. The summed E-state index contributed by atoms with van der Waals surface area (Å²) in [5, 5.41) is 0. The molecule has 2 N–H and O–H groups in total. The molecule has 1 amide bonds. The number of nitrogens with two attached hydrogens (primary N) is 1. The molecule has 1 unspecified atom stereocenters. The van der Waals surface area contributed by atoms with Crippen molar-refractivity contribution in [2.45, 2.75) is 52.9 Å². The van der Waals surface area contributed by atoms with Crippen LogP contribution in [0.15, 0.2) is 0 Å². The van der Waals surface area contributed by atoms with Crippen molar-refractivity contribution in [3.63, 3.8) is 0 Å². The Hall–Kier alpha value is -0.640. The summed E-state index contributed by atoms with van der Waals surface area (Å²) in [6.07, 6.45) is 5.06. The molecule has 0 aliphatic rings. The van der Waals surface area contributed by atoms with Gasteiger partial charge in [0.05, 0.1) is 11.5 Å². The van der Waals surface area contributed by atoms with Gasteiger partial charge in [-0.25, -0.2) is 0 Å². The number of nitrogens with zero attached hydrogens (tertiary/aromatic N) is 1. The topological polar surface area (TPSA) is 46.3 Å². The second kappa shape index (κ2) is 9.40. The minimum absolute atomic E-state index is 0.135. The lowest BCUT2D eigenvalue weighted by Crippen LogP contribution is -2.41. The SMILES string of the molecule is CCCCC(CC)C(=O)N(CCC)CC(N)=S. The molecule has 0 spiro atoms. The zero-order chi connectivity index (χ0) is 13.3. The highest BCUT2D eigenvalue weighted by molar-refractivity contribution is 7.80. The van der Waals surface area contributed by atoms with Gasteiger partial charge in [-0.3, -0.25) is 4.79 Å². The number of amides is 1. The maximum absolute atomic E-state index is 12.3. The van der Waals surface area contributed by atoms with Crippen molar-refractivity contribution in [1.29, 1.82) is 0 Å². The fraction of sp³-hybridized carbons (Fsp3) is 0.846. The summed E-state index contributed by atoms with van der Waals surface area (Å²) in [7, 11) is 0. The third-order valence-corrected chi connectivity index (χ3v) is 3.03. The first-order valence-electron chi connectivity index (χ1n) is 6.63. The van der Waals surface area contributed by atoms with Crippen LogP contribution in [0.3, 0.4) is 0 Å². The van der Waals surface area contributed by atoms with Gasteiger partial charge in [-0.05, 0) is 19.3 Å². The van der Waals surface area contributed by atoms with E-state index in [1.165, 1.54) is 0 Å². The molecule has 0 rings (SSSR count). The van der Waals surface area contributed by atoms with Crippen LogP contribution in [0, 0.1) is 5.92 Å². The zero-order valence-corrected chi connectivity index (χ0v) is 12.2. The van der Waals surface area contributed by atoms with Crippen LogP contribution in [0.25, 0.3) is 0 Å². The molecule has 0 aromatic rings.